The number of thiazole rings is 1. The molecule has 0 aromatic carbocycles. The number of carbonyl (C=O) groups is 1. The van der Waals surface area contributed by atoms with Crippen LogP contribution in [-0.2, 0) is 16.0 Å². The van der Waals surface area contributed by atoms with Crippen LogP contribution in [0, 0.1) is 0 Å². The van der Waals surface area contributed by atoms with E-state index in [0.29, 0.717) is 6.42 Å². The zero-order chi connectivity index (χ0) is 13.2. The quantitative estimate of drug-likeness (QED) is 0.640. The molecule has 0 saturated carbocycles. The van der Waals surface area contributed by atoms with Crippen molar-refractivity contribution in [2.75, 3.05) is 25.1 Å². The number of nitrogens with zero attached hydrogens (tertiary/aromatic N) is 1. The molecule has 1 aromatic rings. The Bertz CT molecular complexity index is 355. The molecule has 102 valence electrons. The van der Waals surface area contributed by atoms with Crippen molar-refractivity contribution < 1.29 is 14.6 Å². The van der Waals surface area contributed by atoms with Crippen LogP contribution in [0.4, 0.5) is 5.13 Å². The predicted octanol–water partition coefficient (Wildman–Crippen LogP) is 2.39. The number of aryl methyl sites for hydroxylation is 1. The topological polar surface area (TPSA) is 71.5 Å². The van der Waals surface area contributed by atoms with Crippen molar-refractivity contribution in [3.63, 3.8) is 0 Å². The molecule has 1 rings (SSSR count). The van der Waals surface area contributed by atoms with E-state index < -0.39 is 5.97 Å². The van der Waals surface area contributed by atoms with Gasteiger partial charge in [0.05, 0.1) is 12.1 Å². The maximum absolute atomic E-state index is 10.4. The van der Waals surface area contributed by atoms with Crippen molar-refractivity contribution in [1.29, 1.82) is 0 Å². The third-order valence-corrected chi connectivity index (χ3v) is 3.09. The van der Waals surface area contributed by atoms with Gasteiger partial charge in [-0.05, 0) is 12.8 Å². The highest BCUT2D eigenvalue weighted by molar-refractivity contribution is 7.13. The van der Waals surface area contributed by atoms with Gasteiger partial charge in [0, 0.05) is 31.6 Å². The van der Waals surface area contributed by atoms with E-state index in [9.17, 15) is 4.79 Å². The predicted molar refractivity (Wildman–Crippen MR) is 72.3 cm³/mol. The Labute approximate surface area is 111 Å². The lowest BCUT2D eigenvalue weighted by Gasteiger charge is -2.03. The second-order valence-electron chi connectivity index (χ2n) is 3.93. The molecule has 5 nitrogen and oxygen atoms in total. The van der Waals surface area contributed by atoms with Gasteiger partial charge in [0.1, 0.15) is 0 Å². The van der Waals surface area contributed by atoms with Crippen LogP contribution in [0.15, 0.2) is 5.38 Å². The van der Waals surface area contributed by atoms with Crippen LogP contribution in [-0.4, -0.2) is 35.8 Å². The van der Waals surface area contributed by atoms with Crippen molar-refractivity contribution in [3.8, 4) is 0 Å². The molecule has 18 heavy (non-hydrogen) atoms. The Morgan fingerprint density at radius 3 is 3.11 bits per heavy atom. The van der Waals surface area contributed by atoms with E-state index >= 15 is 0 Å². The van der Waals surface area contributed by atoms with Gasteiger partial charge in [-0.2, -0.15) is 0 Å². The third kappa shape index (κ3) is 6.56. The molecule has 1 aromatic heterocycles. The molecule has 0 bridgehead atoms. The van der Waals surface area contributed by atoms with Crippen molar-refractivity contribution in [1.82, 2.24) is 4.98 Å². The van der Waals surface area contributed by atoms with E-state index in [4.69, 9.17) is 9.84 Å². The highest BCUT2D eigenvalue weighted by atomic mass is 32.1. The normalized spacial score (nSPS) is 10.5. The standard InChI is InChI=1S/C12H20N2O3S/c1-2-7-17-8-3-6-13-12-14-10(9-18-12)4-5-11(15)16/h9H,2-8H2,1H3,(H,13,14)(H,15,16). The van der Waals surface area contributed by atoms with Gasteiger partial charge in [-0.3, -0.25) is 4.79 Å². The first kappa shape index (κ1) is 14.9. The SMILES string of the molecule is CCCOCCCNc1nc(CCC(=O)O)cs1. The molecule has 2 N–H and O–H groups in total. The summed E-state index contributed by atoms with van der Waals surface area (Å²) in [5.41, 5.74) is 0.840. The van der Waals surface area contributed by atoms with Gasteiger partial charge in [-0.25, -0.2) is 4.98 Å². The van der Waals surface area contributed by atoms with Crippen LogP contribution >= 0.6 is 11.3 Å². The maximum atomic E-state index is 10.4. The van der Waals surface area contributed by atoms with E-state index in [-0.39, 0.29) is 6.42 Å². The van der Waals surface area contributed by atoms with Crippen molar-refractivity contribution >= 4 is 22.4 Å². The molecule has 0 amide bonds. The van der Waals surface area contributed by atoms with E-state index in [1.54, 1.807) is 0 Å². The number of ether oxygens (including phenoxy) is 1. The number of carboxylic acids is 1. The molecule has 6 heteroatoms. The van der Waals surface area contributed by atoms with E-state index in [1.165, 1.54) is 11.3 Å². The van der Waals surface area contributed by atoms with Gasteiger partial charge < -0.3 is 15.2 Å². The second kappa shape index (κ2) is 8.88. The summed E-state index contributed by atoms with van der Waals surface area (Å²) >= 11 is 1.51. The van der Waals surface area contributed by atoms with Gasteiger partial charge in [0.2, 0.25) is 0 Å². The fourth-order valence-electron chi connectivity index (χ4n) is 1.35. The number of anilines is 1. The molecular formula is C12H20N2O3S. The lowest BCUT2D eigenvalue weighted by Crippen LogP contribution is -2.06. The minimum atomic E-state index is -0.786. The summed E-state index contributed by atoms with van der Waals surface area (Å²) < 4.78 is 5.37. The third-order valence-electron chi connectivity index (χ3n) is 2.24. The van der Waals surface area contributed by atoms with Gasteiger partial charge in [0.25, 0.3) is 0 Å². The highest BCUT2D eigenvalue weighted by Crippen LogP contribution is 2.16. The van der Waals surface area contributed by atoms with Gasteiger partial charge >= 0.3 is 5.97 Å². The zero-order valence-corrected chi connectivity index (χ0v) is 11.5. The largest absolute Gasteiger partial charge is 0.481 e. The number of nitrogens with one attached hydrogen (secondary N) is 1. The summed E-state index contributed by atoms with van der Waals surface area (Å²) in [7, 11) is 0. The van der Waals surface area contributed by atoms with Crippen LogP contribution in [0.25, 0.3) is 0 Å². The minimum absolute atomic E-state index is 0.133. The number of hydrogen-bond acceptors (Lipinski definition) is 5. The molecule has 0 unspecified atom stereocenters. The zero-order valence-electron chi connectivity index (χ0n) is 10.6. The van der Waals surface area contributed by atoms with E-state index in [0.717, 1.165) is 43.4 Å². The van der Waals surface area contributed by atoms with E-state index in [1.807, 2.05) is 5.38 Å². The fourth-order valence-corrected chi connectivity index (χ4v) is 2.13. The van der Waals surface area contributed by atoms with Crippen molar-refractivity contribution in [2.24, 2.45) is 0 Å². The monoisotopic (exact) mass is 272 g/mol. The average molecular weight is 272 g/mol. The van der Waals surface area contributed by atoms with Crippen molar-refractivity contribution in [2.45, 2.75) is 32.6 Å². The first-order chi connectivity index (χ1) is 8.72. The minimum Gasteiger partial charge on any atom is -0.481 e. The maximum Gasteiger partial charge on any atom is 0.303 e. The molecule has 0 aliphatic rings. The van der Waals surface area contributed by atoms with Crippen LogP contribution in [0.2, 0.25) is 0 Å². The van der Waals surface area contributed by atoms with Crippen LogP contribution in [0.3, 0.4) is 0 Å². The Kier molecular flexibility index (Phi) is 7.36. The van der Waals surface area contributed by atoms with Crippen LogP contribution < -0.4 is 5.32 Å². The number of carboxylic acid groups (broad SMARTS) is 1. The van der Waals surface area contributed by atoms with Crippen molar-refractivity contribution in [3.05, 3.63) is 11.1 Å². The molecular weight excluding hydrogens is 252 g/mol. The molecule has 1 heterocycles. The summed E-state index contributed by atoms with van der Waals surface area (Å²) in [6.07, 6.45) is 2.62. The smallest absolute Gasteiger partial charge is 0.303 e. The Morgan fingerprint density at radius 2 is 2.39 bits per heavy atom. The summed E-state index contributed by atoms with van der Waals surface area (Å²) in [6, 6.07) is 0. The van der Waals surface area contributed by atoms with Crippen LogP contribution in [0.5, 0.6) is 0 Å². The van der Waals surface area contributed by atoms with Gasteiger partial charge in [0.15, 0.2) is 5.13 Å². The number of aliphatic carboxylic acids is 1. The van der Waals surface area contributed by atoms with Crippen LogP contribution in [0.1, 0.15) is 31.9 Å². The molecule has 0 atom stereocenters. The average Bonchev–Trinajstić information content (AvgIpc) is 2.79. The summed E-state index contributed by atoms with van der Waals surface area (Å²) in [5.74, 6) is -0.786. The lowest BCUT2D eigenvalue weighted by atomic mass is 10.2. The fraction of sp³-hybridized carbons (Fsp3) is 0.667. The number of hydrogen-bond donors (Lipinski definition) is 2. The Hall–Kier alpha value is -1.14. The van der Waals surface area contributed by atoms with Gasteiger partial charge in [-0.15, -0.1) is 11.3 Å². The molecule has 0 aliphatic heterocycles. The summed E-state index contributed by atoms with van der Waals surface area (Å²) in [5, 5.41) is 14.5. The Morgan fingerprint density at radius 1 is 1.56 bits per heavy atom. The molecule has 0 radical (unpaired) electrons. The number of aromatic nitrogens is 1. The first-order valence-electron chi connectivity index (χ1n) is 6.20. The summed E-state index contributed by atoms with van der Waals surface area (Å²) in [4.78, 5) is 14.7. The summed E-state index contributed by atoms with van der Waals surface area (Å²) in [6.45, 7) is 4.50. The molecule has 0 saturated heterocycles. The lowest BCUT2D eigenvalue weighted by molar-refractivity contribution is -0.136. The van der Waals surface area contributed by atoms with E-state index in [2.05, 4.69) is 17.2 Å². The molecule has 0 fully saturated rings. The molecule has 0 spiro atoms. The number of rotatable bonds is 10. The highest BCUT2D eigenvalue weighted by Gasteiger charge is 2.04. The Balaban J connectivity index is 2.13. The second-order valence-corrected chi connectivity index (χ2v) is 4.79. The van der Waals surface area contributed by atoms with Gasteiger partial charge in [-0.1, -0.05) is 6.92 Å². The first-order valence-corrected chi connectivity index (χ1v) is 7.08. The molecule has 0 aliphatic carbocycles.